The van der Waals surface area contributed by atoms with Crippen LogP contribution in [-0.2, 0) is 4.79 Å². The van der Waals surface area contributed by atoms with Gasteiger partial charge in [0.1, 0.15) is 0 Å². The summed E-state index contributed by atoms with van der Waals surface area (Å²) in [6.45, 7) is 7.23. The Morgan fingerprint density at radius 2 is 1.70 bits per heavy atom. The lowest BCUT2D eigenvalue weighted by Crippen LogP contribution is -2.62. The number of hydrogen-bond acceptors (Lipinski definition) is 3. The Bertz CT molecular complexity index is 1010. The summed E-state index contributed by atoms with van der Waals surface area (Å²) in [5.74, 6) is 2.22. The molecule has 0 aliphatic heterocycles. The van der Waals surface area contributed by atoms with Gasteiger partial charge in [-0.3, -0.25) is 9.59 Å². The zero-order valence-electron chi connectivity index (χ0n) is 22.6. The van der Waals surface area contributed by atoms with E-state index < -0.39 is 5.97 Å². The summed E-state index contributed by atoms with van der Waals surface area (Å²) in [5, 5.41) is 23.4. The molecule has 4 fully saturated rings. The number of halogens is 1. The lowest BCUT2D eigenvalue weighted by Gasteiger charge is -2.63. The van der Waals surface area contributed by atoms with Gasteiger partial charge >= 0.3 is 5.97 Å². The Hall–Kier alpha value is -1.40. The molecule has 4 saturated carbocycles. The molecule has 3 N–H and O–H groups in total. The average molecular weight is 575 g/mol. The lowest BCUT2D eigenvalue weighted by atomic mass is 9.43. The van der Waals surface area contributed by atoms with Gasteiger partial charge in [0.15, 0.2) is 0 Å². The molecule has 0 radical (unpaired) electrons. The molecule has 0 heterocycles. The molecule has 4 aliphatic carbocycles. The monoisotopic (exact) mass is 573 g/mol. The zero-order chi connectivity index (χ0) is 26.5. The molecule has 0 aromatic heterocycles. The highest BCUT2D eigenvalue weighted by Crippen LogP contribution is 2.68. The molecule has 4 aliphatic rings. The highest BCUT2D eigenvalue weighted by molar-refractivity contribution is 9.10. The number of hydrogen-bond donors (Lipinski definition) is 3. The molecule has 1 aromatic carbocycles. The molecule has 0 unspecified atom stereocenters. The first-order valence-electron chi connectivity index (χ1n) is 14.5. The van der Waals surface area contributed by atoms with Crippen LogP contribution in [0.25, 0.3) is 0 Å². The Balaban J connectivity index is 1.44. The summed E-state index contributed by atoms with van der Waals surface area (Å²) in [6, 6.07) is 7.72. The fraction of sp³-hybridized carbons (Fsp3) is 0.742. The van der Waals surface area contributed by atoms with E-state index in [4.69, 9.17) is 0 Å². The summed E-state index contributed by atoms with van der Waals surface area (Å²) in [4.78, 5) is 24.7. The van der Waals surface area contributed by atoms with Crippen molar-refractivity contribution in [1.29, 1.82) is 0 Å². The number of carbonyl (C=O) groups is 2. The highest BCUT2D eigenvalue weighted by atomic mass is 79.9. The van der Waals surface area contributed by atoms with Crippen LogP contribution < -0.4 is 5.32 Å². The van der Waals surface area contributed by atoms with E-state index in [1.807, 2.05) is 24.3 Å². The fourth-order valence-electron chi connectivity index (χ4n) is 9.78. The van der Waals surface area contributed by atoms with Gasteiger partial charge in [0, 0.05) is 22.5 Å². The van der Waals surface area contributed by atoms with Gasteiger partial charge in [0.05, 0.1) is 6.10 Å². The fourth-order valence-corrected chi connectivity index (χ4v) is 10.0. The molecular formula is C31H44BrNO4. The first kappa shape index (κ1) is 27.2. The minimum Gasteiger partial charge on any atom is -0.481 e. The van der Waals surface area contributed by atoms with Crippen molar-refractivity contribution in [3.63, 3.8) is 0 Å². The van der Waals surface area contributed by atoms with Gasteiger partial charge in [-0.05, 0) is 128 Å². The predicted octanol–water partition coefficient (Wildman–Crippen LogP) is 6.68. The quantitative estimate of drug-likeness (QED) is 0.354. The van der Waals surface area contributed by atoms with Crippen molar-refractivity contribution in [3.05, 3.63) is 34.3 Å². The first-order chi connectivity index (χ1) is 17.5. The highest BCUT2D eigenvalue weighted by Gasteiger charge is 2.63. The maximum atomic E-state index is 13.5. The Kier molecular flexibility index (Phi) is 7.56. The second-order valence-electron chi connectivity index (χ2n) is 13.4. The molecule has 5 nitrogen and oxygen atoms in total. The van der Waals surface area contributed by atoms with Crippen molar-refractivity contribution in [2.75, 3.05) is 0 Å². The van der Waals surface area contributed by atoms with E-state index in [9.17, 15) is 19.8 Å². The van der Waals surface area contributed by atoms with Gasteiger partial charge in [-0.25, -0.2) is 0 Å². The number of aliphatic carboxylic acids is 1. The lowest BCUT2D eigenvalue weighted by molar-refractivity contribution is -0.141. The number of aliphatic hydroxyl groups excluding tert-OH is 1. The van der Waals surface area contributed by atoms with Gasteiger partial charge in [0.2, 0.25) is 0 Å². The molecule has 10 atom stereocenters. The third-order valence-electron chi connectivity index (χ3n) is 11.7. The number of fused-ring (bicyclic) bond motifs is 5. The minimum atomic E-state index is -0.697. The van der Waals surface area contributed by atoms with Crippen LogP contribution >= 0.6 is 15.9 Å². The summed E-state index contributed by atoms with van der Waals surface area (Å²) < 4.78 is 0.964. The number of carboxylic acids is 1. The molecule has 37 heavy (non-hydrogen) atoms. The van der Waals surface area contributed by atoms with E-state index in [-0.39, 0.29) is 35.3 Å². The average Bonchev–Trinajstić information content (AvgIpc) is 3.21. The van der Waals surface area contributed by atoms with Crippen molar-refractivity contribution in [2.24, 2.45) is 46.3 Å². The minimum absolute atomic E-state index is 0.00728. The summed E-state index contributed by atoms with van der Waals surface area (Å²) in [5.41, 5.74) is 1.11. The van der Waals surface area contributed by atoms with E-state index in [1.54, 1.807) is 0 Å². The van der Waals surface area contributed by atoms with E-state index in [0.717, 1.165) is 43.0 Å². The smallest absolute Gasteiger partial charge is 0.303 e. The Labute approximate surface area is 230 Å². The van der Waals surface area contributed by atoms with Crippen molar-refractivity contribution in [1.82, 2.24) is 5.32 Å². The Morgan fingerprint density at radius 1 is 1.03 bits per heavy atom. The van der Waals surface area contributed by atoms with Gasteiger partial charge in [-0.15, -0.1) is 0 Å². The molecule has 0 bridgehead atoms. The number of benzene rings is 1. The number of amides is 1. The topological polar surface area (TPSA) is 86.6 Å². The number of rotatable bonds is 6. The van der Waals surface area contributed by atoms with E-state index in [1.165, 1.54) is 19.3 Å². The maximum Gasteiger partial charge on any atom is 0.303 e. The van der Waals surface area contributed by atoms with Crippen molar-refractivity contribution < 1.29 is 19.8 Å². The van der Waals surface area contributed by atoms with Crippen LogP contribution in [0.4, 0.5) is 0 Å². The Morgan fingerprint density at radius 3 is 2.41 bits per heavy atom. The molecule has 0 spiro atoms. The van der Waals surface area contributed by atoms with Crippen molar-refractivity contribution in [2.45, 2.75) is 97.1 Å². The third kappa shape index (κ3) is 4.90. The predicted molar refractivity (Wildman–Crippen MR) is 148 cm³/mol. The molecule has 1 amide bonds. The number of aliphatic hydroxyl groups is 1. The number of carboxylic acid groups (broad SMARTS) is 1. The van der Waals surface area contributed by atoms with Crippen LogP contribution in [0.1, 0.15) is 95.3 Å². The SMILES string of the molecule is C[C@H](CCC(=O)O)[C@H]1CC[C@H]2[C@@H]3[C@@H](NC(=O)c4ccc(Br)cc4)C[C@@H]4C[C@H](O)CC[C@]4(C)[C@H]3CC[C@]12C. The molecular weight excluding hydrogens is 530 g/mol. The summed E-state index contributed by atoms with van der Waals surface area (Å²) >= 11 is 3.47. The molecule has 204 valence electrons. The standard InChI is InChI=1S/C31H44BrNO4/c1-18(4-11-27(35)36)23-9-10-24-28-25(13-15-31(23,24)3)30(2)14-12-22(34)16-20(30)17-26(28)33-29(37)19-5-7-21(32)8-6-19/h5-8,18,20,22-26,28,34H,4,9-17H2,1-3H3,(H,33,37)(H,35,36)/t18-,20+,22-,23-,24+,25+,26+,28+,30+,31-/m1/s1. The zero-order valence-corrected chi connectivity index (χ0v) is 24.2. The second kappa shape index (κ2) is 10.3. The van der Waals surface area contributed by atoms with Crippen LogP contribution in [0.2, 0.25) is 0 Å². The second-order valence-corrected chi connectivity index (χ2v) is 14.3. The third-order valence-corrected chi connectivity index (χ3v) is 12.2. The molecule has 6 heteroatoms. The van der Waals surface area contributed by atoms with Crippen LogP contribution in [0.3, 0.4) is 0 Å². The first-order valence-corrected chi connectivity index (χ1v) is 15.3. The maximum absolute atomic E-state index is 13.5. The van der Waals surface area contributed by atoms with Crippen molar-refractivity contribution >= 4 is 27.8 Å². The normalized spacial score (nSPS) is 41.7. The van der Waals surface area contributed by atoms with E-state index >= 15 is 0 Å². The van der Waals surface area contributed by atoms with E-state index in [2.05, 4.69) is 42.0 Å². The molecule has 5 rings (SSSR count). The van der Waals surface area contributed by atoms with Gasteiger partial charge in [0.25, 0.3) is 5.91 Å². The number of carbonyl (C=O) groups excluding carboxylic acids is 1. The molecule has 0 saturated heterocycles. The van der Waals surface area contributed by atoms with E-state index in [0.29, 0.717) is 41.1 Å². The van der Waals surface area contributed by atoms with Crippen LogP contribution in [0.5, 0.6) is 0 Å². The summed E-state index contributed by atoms with van der Waals surface area (Å²) in [6.07, 6.45) is 9.24. The van der Waals surface area contributed by atoms with Gasteiger partial charge < -0.3 is 15.5 Å². The van der Waals surface area contributed by atoms with Crippen molar-refractivity contribution in [3.8, 4) is 0 Å². The largest absolute Gasteiger partial charge is 0.481 e. The van der Waals surface area contributed by atoms with Crippen LogP contribution in [-0.4, -0.2) is 34.2 Å². The van der Waals surface area contributed by atoms with Crippen LogP contribution in [0, 0.1) is 46.3 Å². The summed E-state index contributed by atoms with van der Waals surface area (Å²) in [7, 11) is 0. The number of nitrogens with one attached hydrogen (secondary N) is 1. The van der Waals surface area contributed by atoms with Crippen LogP contribution in [0.15, 0.2) is 28.7 Å². The molecule has 1 aromatic rings. The van der Waals surface area contributed by atoms with Gasteiger partial charge in [-0.1, -0.05) is 36.7 Å². The van der Waals surface area contributed by atoms with Gasteiger partial charge in [-0.2, -0.15) is 0 Å².